The molecule has 0 saturated heterocycles. The molecule has 48 valence electrons. The SMILES string of the molecule is C=C(NC)NC(C)C. The Bertz CT molecular complexity index is 76.6. The number of hydrogen-bond donors (Lipinski definition) is 2. The molecule has 0 aliphatic rings. The van der Waals surface area contributed by atoms with E-state index in [4.69, 9.17) is 0 Å². The van der Waals surface area contributed by atoms with Crippen molar-refractivity contribution < 1.29 is 0 Å². The summed E-state index contributed by atoms with van der Waals surface area (Å²) in [5.74, 6) is 0.875. The first-order valence-corrected chi connectivity index (χ1v) is 2.80. The Balaban J connectivity index is 3.25. The van der Waals surface area contributed by atoms with E-state index in [1.807, 2.05) is 7.05 Å². The second-order valence-corrected chi connectivity index (χ2v) is 2.03. The van der Waals surface area contributed by atoms with Gasteiger partial charge in [-0.05, 0) is 13.8 Å². The molecule has 0 aliphatic heterocycles. The Kier molecular flexibility index (Phi) is 3.08. The van der Waals surface area contributed by atoms with E-state index >= 15 is 0 Å². The summed E-state index contributed by atoms with van der Waals surface area (Å²) in [6.45, 7) is 7.84. The largest absolute Gasteiger partial charge is 0.375 e. The quantitative estimate of drug-likeness (QED) is 0.563. The fourth-order valence-corrected chi connectivity index (χ4v) is 0.421. The highest BCUT2D eigenvalue weighted by Gasteiger charge is 1.89. The van der Waals surface area contributed by atoms with Gasteiger partial charge in [-0.3, -0.25) is 0 Å². The number of hydrogen-bond acceptors (Lipinski definition) is 2. The van der Waals surface area contributed by atoms with Crippen LogP contribution in [0, 0.1) is 0 Å². The first kappa shape index (κ1) is 7.34. The van der Waals surface area contributed by atoms with Crippen LogP contribution >= 0.6 is 0 Å². The van der Waals surface area contributed by atoms with Gasteiger partial charge in [0.1, 0.15) is 0 Å². The Morgan fingerprint density at radius 2 is 2.00 bits per heavy atom. The van der Waals surface area contributed by atoms with Crippen LogP contribution in [0.2, 0.25) is 0 Å². The van der Waals surface area contributed by atoms with Crippen LogP contribution in [0.25, 0.3) is 0 Å². The Hall–Kier alpha value is -0.660. The van der Waals surface area contributed by atoms with Crippen molar-refractivity contribution in [3.8, 4) is 0 Å². The van der Waals surface area contributed by atoms with E-state index < -0.39 is 0 Å². The smallest absolute Gasteiger partial charge is 0.0911 e. The molecule has 2 N–H and O–H groups in total. The highest BCUT2D eigenvalue weighted by Crippen LogP contribution is 1.79. The van der Waals surface area contributed by atoms with Gasteiger partial charge in [-0.25, -0.2) is 0 Å². The summed E-state index contributed by atoms with van der Waals surface area (Å²) in [5, 5.41) is 5.98. The molecule has 0 fully saturated rings. The molecular formula is C6H14N2. The molecule has 0 aromatic rings. The van der Waals surface area contributed by atoms with Gasteiger partial charge in [-0.15, -0.1) is 0 Å². The lowest BCUT2D eigenvalue weighted by Crippen LogP contribution is -2.28. The highest BCUT2D eigenvalue weighted by molar-refractivity contribution is 4.86. The van der Waals surface area contributed by atoms with Crippen LogP contribution in [0.3, 0.4) is 0 Å². The third kappa shape index (κ3) is 3.53. The molecule has 0 bridgehead atoms. The zero-order chi connectivity index (χ0) is 6.57. The van der Waals surface area contributed by atoms with Gasteiger partial charge in [0, 0.05) is 13.1 Å². The monoisotopic (exact) mass is 114 g/mol. The zero-order valence-electron chi connectivity index (χ0n) is 5.78. The van der Waals surface area contributed by atoms with E-state index in [2.05, 4.69) is 31.1 Å². The molecule has 0 spiro atoms. The fourth-order valence-electron chi connectivity index (χ4n) is 0.421. The van der Waals surface area contributed by atoms with Gasteiger partial charge in [-0.1, -0.05) is 6.58 Å². The summed E-state index contributed by atoms with van der Waals surface area (Å²) >= 11 is 0. The van der Waals surface area contributed by atoms with Crippen molar-refractivity contribution in [2.75, 3.05) is 7.05 Å². The van der Waals surface area contributed by atoms with E-state index in [0.29, 0.717) is 6.04 Å². The molecule has 0 aromatic heterocycles. The maximum atomic E-state index is 3.69. The van der Waals surface area contributed by atoms with Gasteiger partial charge in [0.25, 0.3) is 0 Å². The van der Waals surface area contributed by atoms with Gasteiger partial charge in [0.2, 0.25) is 0 Å². The lowest BCUT2D eigenvalue weighted by atomic mass is 10.4. The molecular weight excluding hydrogens is 100 g/mol. The zero-order valence-corrected chi connectivity index (χ0v) is 5.78. The van der Waals surface area contributed by atoms with Gasteiger partial charge < -0.3 is 10.6 Å². The first-order chi connectivity index (χ1) is 3.66. The molecule has 0 aromatic carbocycles. The van der Waals surface area contributed by atoms with E-state index in [-0.39, 0.29) is 0 Å². The van der Waals surface area contributed by atoms with E-state index in [1.54, 1.807) is 0 Å². The number of rotatable bonds is 3. The molecule has 0 atom stereocenters. The molecule has 0 aliphatic carbocycles. The minimum absolute atomic E-state index is 0.468. The molecule has 0 amide bonds. The van der Waals surface area contributed by atoms with Gasteiger partial charge in [0.15, 0.2) is 0 Å². The van der Waals surface area contributed by atoms with Crippen molar-refractivity contribution in [2.24, 2.45) is 0 Å². The maximum absolute atomic E-state index is 3.69. The number of nitrogens with one attached hydrogen (secondary N) is 2. The van der Waals surface area contributed by atoms with Gasteiger partial charge in [0.05, 0.1) is 5.82 Å². The molecule has 0 radical (unpaired) electrons. The molecule has 2 nitrogen and oxygen atoms in total. The van der Waals surface area contributed by atoms with Crippen molar-refractivity contribution in [3.63, 3.8) is 0 Å². The molecule has 0 rings (SSSR count). The van der Waals surface area contributed by atoms with Crippen LogP contribution in [0.4, 0.5) is 0 Å². The van der Waals surface area contributed by atoms with Crippen LogP contribution in [-0.2, 0) is 0 Å². The van der Waals surface area contributed by atoms with E-state index in [1.165, 1.54) is 0 Å². The van der Waals surface area contributed by atoms with Crippen molar-refractivity contribution in [2.45, 2.75) is 19.9 Å². The lowest BCUT2D eigenvalue weighted by Gasteiger charge is -2.10. The molecule has 0 saturated carbocycles. The fraction of sp³-hybridized carbons (Fsp3) is 0.667. The van der Waals surface area contributed by atoms with Crippen molar-refractivity contribution >= 4 is 0 Å². The summed E-state index contributed by atoms with van der Waals surface area (Å²) in [6.07, 6.45) is 0. The summed E-state index contributed by atoms with van der Waals surface area (Å²) in [5.41, 5.74) is 0. The Morgan fingerprint density at radius 3 is 2.12 bits per heavy atom. The standard InChI is InChI=1S/C6H14N2/c1-5(2)8-6(3)7-4/h5,7-8H,3H2,1-2,4H3. The predicted molar refractivity (Wildman–Crippen MR) is 36.5 cm³/mol. The minimum atomic E-state index is 0.468. The molecule has 0 heterocycles. The van der Waals surface area contributed by atoms with Crippen LogP contribution in [-0.4, -0.2) is 13.1 Å². The van der Waals surface area contributed by atoms with Crippen molar-refractivity contribution in [1.29, 1.82) is 0 Å². The van der Waals surface area contributed by atoms with Crippen molar-refractivity contribution in [3.05, 3.63) is 12.4 Å². The average Bonchev–Trinajstić information content (AvgIpc) is 1.65. The molecule has 8 heavy (non-hydrogen) atoms. The second-order valence-electron chi connectivity index (χ2n) is 2.03. The Morgan fingerprint density at radius 1 is 1.50 bits per heavy atom. The van der Waals surface area contributed by atoms with Crippen molar-refractivity contribution in [1.82, 2.24) is 10.6 Å². The van der Waals surface area contributed by atoms with Crippen LogP contribution < -0.4 is 10.6 Å². The topological polar surface area (TPSA) is 24.1 Å². The van der Waals surface area contributed by atoms with E-state index in [9.17, 15) is 0 Å². The maximum Gasteiger partial charge on any atom is 0.0911 e. The lowest BCUT2D eigenvalue weighted by molar-refractivity contribution is 0.635. The van der Waals surface area contributed by atoms with Crippen LogP contribution in [0.5, 0.6) is 0 Å². The summed E-state index contributed by atoms with van der Waals surface area (Å²) in [6, 6.07) is 0.468. The molecule has 2 heteroatoms. The van der Waals surface area contributed by atoms with Gasteiger partial charge in [-0.2, -0.15) is 0 Å². The Labute approximate surface area is 51.0 Å². The van der Waals surface area contributed by atoms with E-state index in [0.717, 1.165) is 5.82 Å². The third-order valence-electron chi connectivity index (χ3n) is 0.765. The second kappa shape index (κ2) is 3.36. The average molecular weight is 114 g/mol. The molecule has 0 unspecified atom stereocenters. The third-order valence-corrected chi connectivity index (χ3v) is 0.765. The van der Waals surface area contributed by atoms with Gasteiger partial charge >= 0.3 is 0 Å². The predicted octanol–water partition coefficient (Wildman–Crippen LogP) is 0.675. The normalized spacial score (nSPS) is 9.00. The summed E-state index contributed by atoms with van der Waals surface area (Å²) in [4.78, 5) is 0. The van der Waals surface area contributed by atoms with Crippen LogP contribution in [0.15, 0.2) is 12.4 Å². The summed E-state index contributed by atoms with van der Waals surface area (Å²) < 4.78 is 0. The minimum Gasteiger partial charge on any atom is -0.375 e. The van der Waals surface area contributed by atoms with Crippen LogP contribution in [0.1, 0.15) is 13.8 Å². The highest BCUT2D eigenvalue weighted by atomic mass is 15.1. The summed E-state index contributed by atoms with van der Waals surface area (Å²) in [7, 11) is 1.84. The first-order valence-electron chi connectivity index (χ1n) is 2.80.